The number of aromatic hydroxyl groups is 1. The zero-order valence-electron chi connectivity index (χ0n) is 22.5. The summed E-state index contributed by atoms with van der Waals surface area (Å²) in [6.45, 7) is 2.72. The second-order valence-electron chi connectivity index (χ2n) is 10.1. The maximum Gasteiger partial charge on any atom is 0.239 e. The van der Waals surface area contributed by atoms with Gasteiger partial charge in [-0.3, -0.25) is 19.5 Å². The van der Waals surface area contributed by atoms with E-state index in [4.69, 9.17) is 0 Å². The predicted molar refractivity (Wildman–Crippen MR) is 158 cm³/mol. The molecular weight excluding hydrogens is 516 g/mol. The van der Waals surface area contributed by atoms with Crippen molar-refractivity contribution < 1.29 is 14.7 Å². The number of hydrogen-bond donors (Lipinski definition) is 3. The first-order valence-electron chi connectivity index (χ1n) is 13.6. The van der Waals surface area contributed by atoms with Crippen LogP contribution in [0.15, 0.2) is 91.4 Å². The van der Waals surface area contributed by atoms with Crippen LogP contribution in [-0.4, -0.2) is 74.4 Å². The van der Waals surface area contributed by atoms with Crippen LogP contribution in [0.5, 0.6) is 5.75 Å². The van der Waals surface area contributed by atoms with E-state index in [1.54, 1.807) is 30.7 Å². The first-order valence-corrected chi connectivity index (χ1v) is 13.6. The summed E-state index contributed by atoms with van der Waals surface area (Å²) >= 11 is 0. The standard InChI is InChI=1S/C32H30N6O3/c39-30(36-29-6-1-2-12-34-29)21-37-14-16-38(17-15-37)31(40)18-22-7-9-23(10-8-22)25-4-3-5-26(32(25)41)27-19-24-11-13-33-20-28(24)35-27/h1-13,19-20,35,41H,14-18,21H2,(H,34,36,39). The van der Waals surface area contributed by atoms with Crippen LogP contribution >= 0.6 is 0 Å². The largest absolute Gasteiger partial charge is 0.507 e. The number of anilines is 1. The Balaban J connectivity index is 1.05. The van der Waals surface area contributed by atoms with Gasteiger partial charge in [0.1, 0.15) is 11.6 Å². The van der Waals surface area contributed by atoms with Gasteiger partial charge in [-0.05, 0) is 41.5 Å². The van der Waals surface area contributed by atoms with E-state index >= 15 is 0 Å². The van der Waals surface area contributed by atoms with Crippen molar-refractivity contribution in [3.05, 3.63) is 97.0 Å². The lowest BCUT2D eigenvalue weighted by atomic mass is 9.98. The van der Waals surface area contributed by atoms with Crippen molar-refractivity contribution >= 4 is 28.5 Å². The number of aromatic amines is 1. The Morgan fingerprint density at radius 3 is 2.46 bits per heavy atom. The molecule has 1 aliphatic heterocycles. The summed E-state index contributed by atoms with van der Waals surface area (Å²) in [7, 11) is 0. The Kier molecular flexibility index (Phi) is 7.42. The minimum atomic E-state index is -0.112. The van der Waals surface area contributed by atoms with Gasteiger partial charge in [0.2, 0.25) is 11.8 Å². The SMILES string of the molecule is O=C(CN1CCN(C(=O)Cc2ccc(-c3cccc(-c4cc5ccncc5[nH]4)c3O)cc2)CC1)Nc1ccccn1. The van der Waals surface area contributed by atoms with Crippen molar-refractivity contribution in [3.63, 3.8) is 0 Å². The molecule has 2 aromatic carbocycles. The number of nitrogens with zero attached hydrogens (tertiary/aromatic N) is 4. The summed E-state index contributed by atoms with van der Waals surface area (Å²) < 4.78 is 0. The van der Waals surface area contributed by atoms with Gasteiger partial charge in [0.15, 0.2) is 0 Å². The van der Waals surface area contributed by atoms with E-state index in [9.17, 15) is 14.7 Å². The molecular formula is C32H30N6O3. The molecule has 0 unspecified atom stereocenters. The number of aromatic nitrogens is 3. The lowest BCUT2D eigenvalue weighted by Crippen LogP contribution is -2.50. The van der Waals surface area contributed by atoms with Gasteiger partial charge in [0.05, 0.1) is 30.4 Å². The first-order chi connectivity index (χ1) is 20.0. The molecule has 0 atom stereocenters. The summed E-state index contributed by atoms with van der Waals surface area (Å²) in [4.78, 5) is 40.8. The molecule has 0 saturated carbocycles. The molecule has 4 heterocycles. The first kappa shape index (κ1) is 26.2. The van der Waals surface area contributed by atoms with Crippen LogP contribution in [0, 0.1) is 0 Å². The van der Waals surface area contributed by atoms with E-state index in [2.05, 4.69) is 20.3 Å². The van der Waals surface area contributed by atoms with Crippen molar-refractivity contribution in [1.29, 1.82) is 0 Å². The van der Waals surface area contributed by atoms with Crippen LogP contribution in [0.1, 0.15) is 5.56 Å². The molecule has 9 heteroatoms. The fourth-order valence-corrected chi connectivity index (χ4v) is 5.18. The van der Waals surface area contributed by atoms with Crippen molar-refractivity contribution in [3.8, 4) is 28.1 Å². The third kappa shape index (κ3) is 5.95. The van der Waals surface area contributed by atoms with Crippen LogP contribution in [0.2, 0.25) is 0 Å². The number of nitrogens with one attached hydrogen (secondary N) is 2. The number of carbonyl (C=O) groups is 2. The Hall–Kier alpha value is -5.02. The average Bonchev–Trinajstić information content (AvgIpc) is 3.43. The third-order valence-corrected chi connectivity index (χ3v) is 7.40. The molecule has 5 aromatic rings. The maximum absolute atomic E-state index is 13.0. The molecule has 1 fully saturated rings. The highest BCUT2D eigenvalue weighted by molar-refractivity contribution is 5.91. The number of H-pyrrole nitrogens is 1. The van der Waals surface area contributed by atoms with Gasteiger partial charge in [-0.25, -0.2) is 4.98 Å². The fraction of sp³-hybridized carbons (Fsp3) is 0.188. The number of phenols is 1. The Bertz CT molecular complexity index is 1640. The zero-order chi connectivity index (χ0) is 28.2. The zero-order valence-corrected chi connectivity index (χ0v) is 22.5. The van der Waals surface area contributed by atoms with Crippen molar-refractivity contribution in [2.45, 2.75) is 6.42 Å². The normalized spacial score (nSPS) is 13.8. The van der Waals surface area contributed by atoms with Gasteiger partial charge >= 0.3 is 0 Å². The average molecular weight is 547 g/mol. The summed E-state index contributed by atoms with van der Waals surface area (Å²) in [5.41, 5.74) is 4.95. The quantitative estimate of drug-likeness (QED) is 0.280. The Morgan fingerprint density at radius 1 is 0.902 bits per heavy atom. The molecule has 6 rings (SSSR count). The van der Waals surface area contributed by atoms with E-state index in [1.807, 2.05) is 70.5 Å². The monoisotopic (exact) mass is 546 g/mol. The summed E-state index contributed by atoms with van der Waals surface area (Å²) in [6.07, 6.45) is 5.45. The molecule has 3 N–H and O–H groups in total. The predicted octanol–water partition coefficient (Wildman–Crippen LogP) is 4.32. The highest BCUT2D eigenvalue weighted by Gasteiger charge is 2.23. The van der Waals surface area contributed by atoms with E-state index in [-0.39, 0.29) is 24.1 Å². The molecule has 1 saturated heterocycles. The summed E-state index contributed by atoms with van der Waals surface area (Å²) in [5.74, 6) is 0.682. The lowest BCUT2D eigenvalue weighted by molar-refractivity contribution is -0.132. The summed E-state index contributed by atoms with van der Waals surface area (Å²) in [6, 6.07) is 22.8. The Labute approximate surface area is 237 Å². The molecule has 41 heavy (non-hydrogen) atoms. The number of fused-ring (bicyclic) bond motifs is 1. The van der Waals surface area contributed by atoms with Gasteiger partial charge in [0.25, 0.3) is 0 Å². The third-order valence-electron chi connectivity index (χ3n) is 7.40. The second-order valence-corrected chi connectivity index (χ2v) is 10.1. The molecule has 9 nitrogen and oxygen atoms in total. The van der Waals surface area contributed by atoms with E-state index in [0.717, 1.165) is 33.3 Å². The van der Waals surface area contributed by atoms with Crippen LogP contribution < -0.4 is 5.32 Å². The van der Waals surface area contributed by atoms with Crippen LogP contribution in [-0.2, 0) is 16.0 Å². The molecule has 1 aliphatic rings. The number of hydrogen-bond acceptors (Lipinski definition) is 6. The number of para-hydroxylation sites is 1. The minimum Gasteiger partial charge on any atom is -0.507 e. The molecule has 0 radical (unpaired) electrons. The van der Waals surface area contributed by atoms with Crippen LogP contribution in [0.3, 0.4) is 0 Å². The van der Waals surface area contributed by atoms with Gasteiger partial charge in [-0.2, -0.15) is 0 Å². The number of phenolic OH excluding ortho intramolecular Hbond substituents is 1. The molecule has 0 aliphatic carbocycles. The van der Waals surface area contributed by atoms with Crippen molar-refractivity contribution in [2.24, 2.45) is 0 Å². The summed E-state index contributed by atoms with van der Waals surface area (Å²) in [5, 5.41) is 15.0. The number of pyridine rings is 2. The van der Waals surface area contributed by atoms with Gasteiger partial charge < -0.3 is 20.3 Å². The number of carbonyl (C=O) groups excluding carboxylic acids is 2. The smallest absolute Gasteiger partial charge is 0.239 e. The van der Waals surface area contributed by atoms with E-state index in [0.29, 0.717) is 44.0 Å². The highest BCUT2D eigenvalue weighted by atomic mass is 16.3. The second kappa shape index (κ2) is 11.6. The molecule has 0 bridgehead atoms. The number of piperazine rings is 1. The van der Waals surface area contributed by atoms with Gasteiger partial charge in [0, 0.05) is 55.1 Å². The van der Waals surface area contributed by atoms with Crippen LogP contribution in [0.4, 0.5) is 5.82 Å². The van der Waals surface area contributed by atoms with Gasteiger partial charge in [-0.1, -0.05) is 42.5 Å². The topological polar surface area (TPSA) is 114 Å². The molecule has 2 amide bonds. The van der Waals surface area contributed by atoms with Crippen molar-refractivity contribution in [2.75, 3.05) is 38.0 Å². The number of benzene rings is 2. The fourth-order valence-electron chi connectivity index (χ4n) is 5.18. The van der Waals surface area contributed by atoms with Gasteiger partial charge in [-0.15, -0.1) is 0 Å². The maximum atomic E-state index is 13.0. The van der Waals surface area contributed by atoms with E-state index < -0.39 is 0 Å². The molecule has 3 aromatic heterocycles. The number of amides is 2. The molecule has 0 spiro atoms. The van der Waals surface area contributed by atoms with Crippen molar-refractivity contribution in [1.82, 2.24) is 24.8 Å². The number of rotatable bonds is 7. The minimum absolute atomic E-state index is 0.0634. The molecule has 206 valence electrons. The highest BCUT2D eigenvalue weighted by Crippen LogP contribution is 2.38. The lowest BCUT2D eigenvalue weighted by Gasteiger charge is -2.34. The Morgan fingerprint density at radius 2 is 1.71 bits per heavy atom. The van der Waals surface area contributed by atoms with Crippen LogP contribution in [0.25, 0.3) is 33.3 Å². The van der Waals surface area contributed by atoms with E-state index in [1.165, 1.54) is 0 Å².